The zero-order valence-corrected chi connectivity index (χ0v) is 5.75. The van der Waals surface area contributed by atoms with E-state index in [0.29, 0.717) is 12.3 Å². The average Bonchev–Trinajstić information content (AvgIpc) is 1.95. The molecule has 2 heteroatoms. The van der Waals surface area contributed by atoms with Crippen molar-refractivity contribution in [1.29, 1.82) is 0 Å². The SMILES string of the molecule is N[13CH2][13CH2][13c]1[13cH][13cH][13c](O)[13cH][13cH]1. The van der Waals surface area contributed by atoms with Crippen LogP contribution in [0.2, 0.25) is 0 Å². The molecule has 0 fully saturated rings. The second-order valence-electron chi connectivity index (χ2n) is 2.21. The summed E-state index contributed by atoms with van der Waals surface area (Å²) in [4.78, 5) is 0. The molecule has 54 valence electrons. The van der Waals surface area contributed by atoms with Gasteiger partial charge in [0.25, 0.3) is 0 Å². The maximum Gasteiger partial charge on any atom is 0.115 e. The van der Waals surface area contributed by atoms with Gasteiger partial charge in [0.1, 0.15) is 5.75 Å². The number of benzene rings is 1. The van der Waals surface area contributed by atoms with Gasteiger partial charge in [0.2, 0.25) is 0 Å². The van der Waals surface area contributed by atoms with E-state index < -0.39 is 0 Å². The molecular weight excluding hydrogens is 134 g/mol. The summed E-state index contributed by atoms with van der Waals surface area (Å²) in [5.74, 6) is 0.306. The van der Waals surface area contributed by atoms with Crippen LogP contribution < -0.4 is 5.73 Å². The van der Waals surface area contributed by atoms with Crippen LogP contribution in [0.15, 0.2) is 24.3 Å². The summed E-state index contributed by atoms with van der Waals surface area (Å²) in [6, 6.07) is 7.10. The quantitative estimate of drug-likeness (QED) is 0.607. The van der Waals surface area contributed by atoms with Gasteiger partial charge >= 0.3 is 0 Å². The Kier molecular flexibility index (Phi) is 2.29. The summed E-state index contributed by atoms with van der Waals surface area (Å²) in [6.07, 6.45) is 0.875. The third-order valence-electron chi connectivity index (χ3n) is 1.37. The van der Waals surface area contributed by atoms with E-state index in [9.17, 15) is 0 Å². The van der Waals surface area contributed by atoms with E-state index in [1.165, 1.54) is 5.56 Å². The van der Waals surface area contributed by atoms with E-state index >= 15 is 0 Å². The van der Waals surface area contributed by atoms with Crippen molar-refractivity contribution in [1.82, 2.24) is 0 Å². The number of hydrogen-bond acceptors (Lipinski definition) is 2. The van der Waals surface area contributed by atoms with Gasteiger partial charge in [-0.05, 0) is 30.7 Å². The van der Waals surface area contributed by atoms with Gasteiger partial charge in [-0.1, -0.05) is 12.1 Å². The van der Waals surface area contributed by atoms with Gasteiger partial charge in [-0.15, -0.1) is 0 Å². The van der Waals surface area contributed by atoms with Gasteiger partial charge in [0.15, 0.2) is 0 Å². The summed E-state index contributed by atoms with van der Waals surface area (Å²) in [6.45, 7) is 0.658. The lowest BCUT2D eigenvalue weighted by Gasteiger charge is -1.96. The molecule has 1 aromatic carbocycles. The van der Waals surface area contributed by atoms with E-state index in [-0.39, 0.29) is 0 Å². The zero-order valence-electron chi connectivity index (χ0n) is 5.75. The third kappa shape index (κ3) is 1.74. The molecule has 0 aliphatic carbocycles. The summed E-state index contributed by atoms with van der Waals surface area (Å²) < 4.78 is 0. The van der Waals surface area contributed by atoms with Crippen LogP contribution in [0.1, 0.15) is 5.56 Å². The molecule has 0 aliphatic heterocycles. The van der Waals surface area contributed by atoms with Crippen molar-refractivity contribution in [3.63, 3.8) is 0 Å². The summed E-state index contributed by atoms with van der Waals surface area (Å²) in [5.41, 5.74) is 6.50. The maximum absolute atomic E-state index is 8.89. The minimum atomic E-state index is 0.306. The highest BCUT2D eigenvalue weighted by atomic mass is 16.3. The van der Waals surface area contributed by atoms with Crippen LogP contribution in [0, 0.1) is 0 Å². The number of phenols is 1. The van der Waals surface area contributed by atoms with Crippen molar-refractivity contribution in [3.8, 4) is 5.75 Å². The van der Waals surface area contributed by atoms with Crippen molar-refractivity contribution in [3.05, 3.63) is 29.8 Å². The highest BCUT2D eigenvalue weighted by Gasteiger charge is 1.89. The molecule has 3 N–H and O–H groups in total. The molecule has 2 nitrogen and oxygen atoms in total. The molecule has 0 aromatic heterocycles. The first-order valence-corrected chi connectivity index (χ1v) is 3.31. The second kappa shape index (κ2) is 3.22. The predicted molar refractivity (Wildman–Crippen MR) is 40.9 cm³/mol. The van der Waals surface area contributed by atoms with Crippen molar-refractivity contribution < 1.29 is 5.11 Å². The predicted octanol–water partition coefficient (Wildman–Crippen LogP) is 0.893. The van der Waals surface area contributed by atoms with E-state index in [1.54, 1.807) is 12.1 Å². The Labute approximate surface area is 60.3 Å². The van der Waals surface area contributed by atoms with Crippen LogP contribution in [0.4, 0.5) is 0 Å². The van der Waals surface area contributed by atoms with Crippen molar-refractivity contribution in [2.24, 2.45) is 5.73 Å². The minimum absolute atomic E-state index is 0.306. The molecule has 0 saturated carbocycles. The fourth-order valence-electron chi connectivity index (χ4n) is 0.829. The molecule has 0 aliphatic rings. The minimum Gasteiger partial charge on any atom is -0.508 e. The molecule has 0 saturated heterocycles. The fourth-order valence-corrected chi connectivity index (χ4v) is 0.829. The number of aromatic hydroxyl groups is 1. The molecule has 10 heavy (non-hydrogen) atoms. The van der Waals surface area contributed by atoms with Crippen molar-refractivity contribution >= 4 is 0 Å². The first-order valence-electron chi connectivity index (χ1n) is 3.31. The molecule has 0 amide bonds. The largest absolute Gasteiger partial charge is 0.508 e. The standard InChI is InChI=1S/C8H11NO/c9-6-5-7-1-3-8(10)4-2-7/h1-4,10H,5-6,9H2/i1+1,2+1,3+1,4+1,5+1,6+1,7+1,8+1. The van der Waals surface area contributed by atoms with Gasteiger partial charge in [-0.2, -0.15) is 0 Å². The fraction of sp³-hybridized carbons (Fsp3) is 0.250. The first-order chi connectivity index (χ1) is 4.83. The Morgan fingerprint density at radius 1 is 1.20 bits per heavy atom. The van der Waals surface area contributed by atoms with Gasteiger partial charge in [-0.3, -0.25) is 0 Å². The van der Waals surface area contributed by atoms with Gasteiger partial charge in [0.05, 0.1) is 0 Å². The van der Waals surface area contributed by atoms with Crippen LogP contribution in [0.5, 0.6) is 5.75 Å². The van der Waals surface area contributed by atoms with E-state index in [1.807, 2.05) is 12.1 Å². The third-order valence-corrected chi connectivity index (χ3v) is 1.37. The summed E-state index contributed by atoms with van der Waals surface area (Å²) >= 11 is 0. The van der Waals surface area contributed by atoms with E-state index in [2.05, 4.69) is 0 Å². The Hall–Kier alpha value is -1.02. The zero-order chi connectivity index (χ0) is 7.40. The monoisotopic (exact) mass is 145 g/mol. The topological polar surface area (TPSA) is 46.2 Å². The Bertz CT molecular complexity index is 193. The second-order valence-corrected chi connectivity index (χ2v) is 2.21. The Balaban J connectivity index is 2.69. The van der Waals surface area contributed by atoms with Crippen LogP contribution in [-0.2, 0) is 6.42 Å². The van der Waals surface area contributed by atoms with Crippen molar-refractivity contribution in [2.75, 3.05) is 6.54 Å². The van der Waals surface area contributed by atoms with Crippen LogP contribution in [-0.4, -0.2) is 11.7 Å². The lowest BCUT2D eigenvalue weighted by Crippen LogP contribution is -2.01. The normalized spacial score (nSPS) is 9.70. The lowest BCUT2D eigenvalue weighted by molar-refractivity contribution is 0.475. The van der Waals surface area contributed by atoms with Crippen LogP contribution in [0.25, 0.3) is 0 Å². The molecule has 0 bridgehead atoms. The van der Waals surface area contributed by atoms with E-state index in [4.69, 9.17) is 10.8 Å². The molecule has 0 heterocycles. The average molecular weight is 145 g/mol. The first kappa shape index (κ1) is 7.09. The summed E-state index contributed by atoms with van der Waals surface area (Å²) in [7, 11) is 0. The highest BCUT2D eigenvalue weighted by Crippen LogP contribution is 2.09. The number of phenolic OH excluding ortho intramolecular Hbond substituents is 1. The lowest BCUT2D eigenvalue weighted by atomic mass is 11.1. The van der Waals surface area contributed by atoms with Crippen molar-refractivity contribution in [2.45, 2.75) is 6.42 Å². The van der Waals surface area contributed by atoms with Crippen LogP contribution >= 0.6 is 0 Å². The maximum atomic E-state index is 8.89. The number of rotatable bonds is 2. The number of nitrogens with two attached hydrogens (primary N) is 1. The molecule has 1 aromatic rings. The molecule has 0 radical (unpaired) electrons. The summed E-state index contributed by atoms with van der Waals surface area (Å²) in [5, 5.41) is 8.89. The molecule has 1 rings (SSSR count). The van der Waals surface area contributed by atoms with Gasteiger partial charge in [0, 0.05) is 0 Å². The molecule has 0 unspecified atom stereocenters. The molecular formula is C8H11NO. The van der Waals surface area contributed by atoms with Gasteiger partial charge in [-0.25, -0.2) is 0 Å². The van der Waals surface area contributed by atoms with Gasteiger partial charge < -0.3 is 10.8 Å². The molecule has 0 spiro atoms. The number of hydrogen-bond donors (Lipinski definition) is 2. The Morgan fingerprint density at radius 2 is 1.80 bits per heavy atom. The van der Waals surface area contributed by atoms with Crippen LogP contribution in [0.3, 0.4) is 0 Å². The highest BCUT2D eigenvalue weighted by molar-refractivity contribution is 5.25. The molecule has 0 atom stereocenters. The Morgan fingerprint density at radius 3 is 2.30 bits per heavy atom. The smallest absolute Gasteiger partial charge is 0.115 e. The van der Waals surface area contributed by atoms with E-state index in [0.717, 1.165) is 6.42 Å².